The minimum absolute atomic E-state index is 0.261. The lowest BCUT2D eigenvalue weighted by Crippen LogP contribution is -2.23. The summed E-state index contributed by atoms with van der Waals surface area (Å²) in [4.78, 5) is 21.2. The lowest BCUT2D eigenvalue weighted by molar-refractivity contribution is -0.154. The van der Waals surface area contributed by atoms with E-state index >= 15 is 0 Å². The Kier molecular flexibility index (Phi) is 5.29. The first kappa shape index (κ1) is 13.0. The second-order valence-electron chi connectivity index (χ2n) is 4.66. The standard InChI is InChI=1S/C12H20O4/c13-11(14)10(12(15)16)8-4-3-7-9-5-1-2-6-9/h9-10H,1-8H2,(H,13,14)(H,15,16). The van der Waals surface area contributed by atoms with E-state index in [0.717, 1.165) is 18.8 Å². The van der Waals surface area contributed by atoms with Crippen LogP contribution in [0.2, 0.25) is 0 Å². The zero-order chi connectivity index (χ0) is 12.0. The van der Waals surface area contributed by atoms with Crippen molar-refractivity contribution in [1.29, 1.82) is 0 Å². The predicted octanol–water partition coefficient (Wildman–Crippen LogP) is 2.52. The van der Waals surface area contributed by atoms with E-state index in [0.29, 0.717) is 6.42 Å². The van der Waals surface area contributed by atoms with E-state index < -0.39 is 17.9 Å². The molecule has 1 rings (SSSR count). The molecule has 4 nitrogen and oxygen atoms in total. The molecule has 0 bridgehead atoms. The van der Waals surface area contributed by atoms with Gasteiger partial charge < -0.3 is 10.2 Å². The van der Waals surface area contributed by atoms with Crippen LogP contribution in [0.1, 0.15) is 51.4 Å². The smallest absolute Gasteiger partial charge is 0.317 e. The van der Waals surface area contributed by atoms with Gasteiger partial charge in [0.05, 0.1) is 0 Å². The van der Waals surface area contributed by atoms with Gasteiger partial charge in [-0.1, -0.05) is 44.9 Å². The van der Waals surface area contributed by atoms with Crippen molar-refractivity contribution in [3.05, 3.63) is 0 Å². The summed E-state index contributed by atoms with van der Waals surface area (Å²) in [6, 6.07) is 0. The SMILES string of the molecule is O=C(O)C(CCCCC1CCCC1)C(=O)O. The highest BCUT2D eigenvalue weighted by Gasteiger charge is 2.25. The van der Waals surface area contributed by atoms with Crippen molar-refractivity contribution in [2.75, 3.05) is 0 Å². The van der Waals surface area contributed by atoms with E-state index in [9.17, 15) is 9.59 Å². The molecule has 0 saturated heterocycles. The van der Waals surface area contributed by atoms with Crippen molar-refractivity contribution in [2.24, 2.45) is 11.8 Å². The minimum Gasteiger partial charge on any atom is -0.481 e. The number of rotatable bonds is 7. The van der Waals surface area contributed by atoms with Crippen LogP contribution in [0.15, 0.2) is 0 Å². The molecule has 0 unspecified atom stereocenters. The quantitative estimate of drug-likeness (QED) is 0.518. The Hall–Kier alpha value is -1.06. The second-order valence-corrected chi connectivity index (χ2v) is 4.66. The number of carboxylic acid groups (broad SMARTS) is 2. The zero-order valence-corrected chi connectivity index (χ0v) is 9.52. The second kappa shape index (κ2) is 6.51. The van der Waals surface area contributed by atoms with E-state index in [1.54, 1.807) is 0 Å². The van der Waals surface area contributed by atoms with E-state index in [-0.39, 0.29) is 6.42 Å². The van der Waals surface area contributed by atoms with Crippen molar-refractivity contribution in [3.8, 4) is 0 Å². The monoisotopic (exact) mass is 228 g/mol. The predicted molar refractivity (Wildman–Crippen MR) is 59.2 cm³/mol. The highest BCUT2D eigenvalue weighted by molar-refractivity contribution is 5.92. The van der Waals surface area contributed by atoms with Gasteiger partial charge in [0.25, 0.3) is 0 Å². The van der Waals surface area contributed by atoms with Crippen LogP contribution in [0, 0.1) is 11.8 Å². The average Bonchev–Trinajstić information content (AvgIpc) is 2.68. The molecule has 0 aromatic carbocycles. The summed E-state index contributed by atoms with van der Waals surface area (Å²) in [5.74, 6) is -2.85. The molecule has 0 amide bonds. The Bertz CT molecular complexity index is 229. The van der Waals surface area contributed by atoms with Gasteiger partial charge in [-0.05, 0) is 12.3 Å². The van der Waals surface area contributed by atoms with Gasteiger partial charge in [-0.15, -0.1) is 0 Å². The Labute approximate surface area is 95.7 Å². The fraction of sp³-hybridized carbons (Fsp3) is 0.833. The van der Waals surface area contributed by atoms with Gasteiger partial charge in [0, 0.05) is 0 Å². The number of aliphatic carboxylic acids is 2. The molecular weight excluding hydrogens is 208 g/mol. The summed E-state index contributed by atoms with van der Waals surface area (Å²) in [7, 11) is 0. The number of carbonyl (C=O) groups is 2. The fourth-order valence-corrected chi connectivity index (χ4v) is 2.43. The largest absolute Gasteiger partial charge is 0.481 e. The molecule has 0 aliphatic heterocycles. The Morgan fingerprint density at radius 2 is 1.62 bits per heavy atom. The third-order valence-corrected chi connectivity index (χ3v) is 3.43. The molecule has 1 saturated carbocycles. The molecule has 0 spiro atoms. The van der Waals surface area contributed by atoms with Gasteiger partial charge in [-0.3, -0.25) is 9.59 Å². The van der Waals surface area contributed by atoms with Gasteiger partial charge in [-0.25, -0.2) is 0 Å². The fourth-order valence-electron chi connectivity index (χ4n) is 2.43. The topological polar surface area (TPSA) is 74.6 Å². The van der Waals surface area contributed by atoms with E-state index in [2.05, 4.69) is 0 Å². The molecule has 0 heterocycles. The molecule has 2 N–H and O–H groups in total. The van der Waals surface area contributed by atoms with Crippen LogP contribution >= 0.6 is 0 Å². The molecule has 0 aromatic heterocycles. The first-order valence-corrected chi connectivity index (χ1v) is 6.07. The van der Waals surface area contributed by atoms with E-state index in [4.69, 9.17) is 10.2 Å². The van der Waals surface area contributed by atoms with Crippen LogP contribution in [0.25, 0.3) is 0 Å². The minimum atomic E-state index is -1.22. The number of carboxylic acids is 2. The van der Waals surface area contributed by atoms with Crippen LogP contribution in [0.4, 0.5) is 0 Å². The molecule has 0 atom stereocenters. The Balaban J connectivity index is 2.12. The molecule has 4 heteroatoms. The summed E-state index contributed by atoms with van der Waals surface area (Å²) < 4.78 is 0. The van der Waals surface area contributed by atoms with Crippen LogP contribution in [0.3, 0.4) is 0 Å². The molecule has 0 aromatic rings. The number of hydrogen-bond donors (Lipinski definition) is 2. The molecule has 0 radical (unpaired) electrons. The van der Waals surface area contributed by atoms with Crippen LogP contribution in [0.5, 0.6) is 0 Å². The number of unbranched alkanes of at least 4 members (excludes halogenated alkanes) is 1. The molecule has 92 valence electrons. The van der Waals surface area contributed by atoms with Gasteiger partial charge in [-0.2, -0.15) is 0 Å². The van der Waals surface area contributed by atoms with Crippen molar-refractivity contribution in [1.82, 2.24) is 0 Å². The summed E-state index contributed by atoms with van der Waals surface area (Å²) in [6.07, 6.45) is 8.28. The molecule has 1 fully saturated rings. The maximum atomic E-state index is 10.6. The third-order valence-electron chi connectivity index (χ3n) is 3.43. The van der Waals surface area contributed by atoms with E-state index in [1.165, 1.54) is 25.7 Å². The highest BCUT2D eigenvalue weighted by atomic mass is 16.4. The summed E-state index contributed by atoms with van der Waals surface area (Å²) in [5, 5.41) is 17.3. The van der Waals surface area contributed by atoms with Gasteiger partial charge in [0.1, 0.15) is 0 Å². The maximum absolute atomic E-state index is 10.6. The van der Waals surface area contributed by atoms with Crippen molar-refractivity contribution < 1.29 is 19.8 Å². The molecule has 1 aliphatic carbocycles. The number of hydrogen-bond acceptors (Lipinski definition) is 2. The van der Waals surface area contributed by atoms with Gasteiger partial charge >= 0.3 is 11.9 Å². The first-order chi connectivity index (χ1) is 7.61. The van der Waals surface area contributed by atoms with Crippen molar-refractivity contribution in [2.45, 2.75) is 51.4 Å². The highest BCUT2D eigenvalue weighted by Crippen LogP contribution is 2.29. The average molecular weight is 228 g/mol. The zero-order valence-electron chi connectivity index (χ0n) is 9.52. The van der Waals surface area contributed by atoms with Crippen molar-refractivity contribution in [3.63, 3.8) is 0 Å². The third kappa shape index (κ3) is 4.21. The Morgan fingerprint density at radius 1 is 1.06 bits per heavy atom. The summed E-state index contributed by atoms with van der Waals surface area (Å²) >= 11 is 0. The maximum Gasteiger partial charge on any atom is 0.317 e. The summed E-state index contributed by atoms with van der Waals surface area (Å²) in [6.45, 7) is 0. The van der Waals surface area contributed by atoms with Crippen LogP contribution < -0.4 is 0 Å². The van der Waals surface area contributed by atoms with Crippen LogP contribution in [-0.4, -0.2) is 22.2 Å². The Morgan fingerprint density at radius 3 is 2.12 bits per heavy atom. The molecular formula is C12H20O4. The molecule has 16 heavy (non-hydrogen) atoms. The van der Waals surface area contributed by atoms with Crippen molar-refractivity contribution >= 4 is 11.9 Å². The normalized spacial score (nSPS) is 16.8. The first-order valence-electron chi connectivity index (χ1n) is 6.07. The van der Waals surface area contributed by atoms with E-state index in [1.807, 2.05) is 0 Å². The lowest BCUT2D eigenvalue weighted by Gasteiger charge is -2.09. The van der Waals surface area contributed by atoms with Gasteiger partial charge in [0.15, 0.2) is 5.92 Å². The van der Waals surface area contributed by atoms with Crippen LogP contribution in [-0.2, 0) is 9.59 Å². The molecule has 1 aliphatic rings. The lowest BCUT2D eigenvalue weighted by atomic mass is 9.96. The summed E-state index contributed by atoms with van der Waals surface area (Å²) in [5.41, 5.74) is 0. The van der Waals surface area contributed by atoms with Gasteiger partial charge in [0.2, 0.25) is 0 Å².